The molecule has 0 aromatic carbocycles. The van der Waals surface area contributed by atoms with Gasteiger partial charge in [0.05, 0.1) is 0 Å². The Bertz CT molecular complexity index is 762. The Hall–Kier alpha value is -2.18. The highest BCUT2D eigenvalue weighted by Gasteiger charge is 2.51. The Labute approximate surface area is 133 Å². The molecule has 0 aliphatic heterocycles. The number of nitrogen functional groups attached to an aromatic ring is 1. The summed E-state index contributed by atoms with van der Waals surface area (Å²) in [4.78, 5) is 25.1. The summed E-state index contributed by atoms with van der Waals surface area (Å²) in [5, 5.41) is 3.32. The number of hydrogen-bond acceptors (Lipinski definition) is 5. The molecule has 7 heteroatoms. The number of nitrogens with one attached hydrogen (secondary N) is 1. The molecule has 4 fully saturated rings. The smallest absolute Gasteiger partial charge is 0.328 e. The lowest BCUT2D eigenvalue weighted by molar-refractivity contribution is -0.0134. The Morgan fingerprint density at radius 2 is 1.78 bits per heavy atom. The number of fused-ring (bicyclic) bond motifs is 1. The minimum Gasteiger partial charge on any atom is -0.382 e. The quantitative estimate of drug-likeness (QED) is 0.838. The fourth-order valence-corrected chi connectivity index (χ4v) is 5.55. The van der Waals surface area contributed by atoms with Crippen molar-refractivity contribution in [1.82, 2.24) is 24.8 Å². The predicted octanol–water partition coefficient (Wildman–Crippen LogP) is 1.93. The first-order valence-corrected chi connectivity index (χ1v) is 8.38. The van der Waals surface area contributed by atoms with Gasteiger partial charge >= 0.3 is 6.03 Å². The molecule has 2 aromatic rings. The summed E-state index contributed by atoms with van der Waals surface area (Å²) in [6, 6.07) is -0.146. The Balaban J connectivity index is 1.46. The Kier molecular flexibility index (Phi) is 2.56. The monoisotopic (exact) mass is 312 g/mol. The fraction of sp³-hybridized carbons (Fsp3) is 0.625. The summed E-state index contributed by atoms with van der Waals surface area (Å²) < 4.78 is 1.46. The van der Waals surface area contributed by atoms with Crippen LogP contribution in [0.4, 0.5) is 10.6 Å². The van der Waals surface area contributed by atoms with E-state index < -0.39 is 0 Å². The molecule has 4 saturated carbocycles. The van der Waals surface area contributed by atoms with E-state index in [2.05, 4.69) is 20.3 Å². The van der Waals surface area contributed by atoms with E-state index in [-0.39, 0.29) is 11.6 Å². The number of carbonyl (C=O) groups is 1. The summed E-state index contributed by atoms with van der Waals surface area (Å²) in [5.74, 6) is 2.67. The lowest BCUT2D eigenvalue weighted by Gasteiger charge is -2.56. The topological polar surface area (TPSA) is 98.7 Å². The number of carbonyl (C=O) groups excluding carboxylic acids is 1. The standard InChI is InChI=1S/C16H20N6O/c17-13-12-14(19-7-18-13)22(8-20-12)15(23)21-16-4-9-1-10(5-16)3-11(2-9)6-16/h7-11H,1-6H2,(H,21,23)(H2,17,18,19). The average Bonchev–Trinajstić information content (AvgIpc) is 2.90. The van der Waals surface area contributed by atoms with Crippen LogP contribution in [0, 0.1) is 17.8 Å². The van der Waals surface area contributed by atoms with Gasteiger partial charge in [-0.2, -0.15) is 0 Å². The molecule has 1 amide bonds. The van der Waals surface area contributed by atoms with Crippen LogP contribution in [0.3, 0.4) is 0 Å². The number of imidazole rings is 1. The van der Waals surface area contributed by atoms with Gasteiger partial charge in [-0.15, -0.1) is 0 Å². The molecule has 2 aromatic heterocycles. The maximum Gasteiger partial charge on any atom is 0.328 e. The number of aromatic nitrogens is 4. The van der Waals surface area contributed by atoms with Gasteiger partial charge < -0.3 is 11.1 Å². The van der Waals surface area contributed by atoms with Crippen molar-refractivity contribution >= 4 is 23.0 Å². The zero-order valence-corrected chi connectivity index (χ0v) is 12.9. The number of amides is 1. The van der Waals surface area contributed by atoms with Crippen LogP contribution in [0.2, 0.25) is 0 Å². The summed E-state index contributed by atoms with van der Waals surface area (Å²) in [7, 11) is 0. The molecule has 7 nitrogen and oxygen atoms in total. The van der Waals surface area contributed by atoms with Crippen LogP contribution in [0.25, 0.3) is 11.2 Å². The highest BCUT2D eigenvalue weighted by Crippen LogP contribution is 2.55. The summed E-state index contributed by atoms with van der Waals surface area (Å²) in [6.45, 7) is 0. The molecule has 4 aliphatic rings. The Morgan fingerprint density at radius 3 is 2.43 bits per heavy atom. The lowest BCUT2D eigenvalue weighted by Crippen LogP contribution is -2.60. The normalized spacial score (nSPS) is 34.9. The fourth-order valence-electron chi connectivity index (χ4n) is 5.55. The van der Waals surface area contributed by atoms with Crippen molar-refractivity contribution < 1.29 is 4.79 Å². The van der Waals surface area contributed by atoms with E-state index in [4.69, 9.17) is 5.73 Å². The minimum atomic E-state index is -0.146. The van der Waals surface area contributed by atoms with Crippen LogP contribution in [-0.4, -0.2) is 31.1 Å². The van der Waals surface area contributed by atoms with E-state index in [9.17, 15) is 4.79 Å². The maximum atomic E-state index is 12.8. The molecular formula is C16H20N6O. The van der Waals surface area contributed by atoms with Gasteiger partial charge in [-0.1, -0.05) is 0 Å². The van der Waals surface area contributed by atoms with Gasteiger partial charge in [0.25, 0.3) is 0 Å². The summed E-state index contributed by atoms with van der Waals surface area (Å²) in [6.07, 6.45) is 10.3. The van der Waals surface area contributed by atoms with Gasteiger partial charge in [-0.3, -0.25) is 0 Å². The van der Waals surface area contributed by atoms with E-state index in [0.29, 0.717) is 17.0 Å². The van der Waals surface area contributed by atoms with Gasteiger partial charge in [0.1, 0.15) is 12.7 Å². The molecule has 0 saturated heterocycles. The molecule has 0 radical (unpaired) electrons. The van der Waals surface area contributed by atoms with Crippen molar-refractivity contribution in [1.29, 1.82) is 0 Å². The first-order valence-electron chi connectivity index (χ1n) is 8.38. The van der Waals surface area contributed by atoms with Crippen LogP contribution >= 0.6 is 0 Å². The van der Waals surface area contributed by atoms with Crippen molar-refractivity contribution in [3.05, 3.63) is 12.7 Å². The number of rotatable bonds is 1. The van der Waals surface area contributed by atoms with Crippen LogP contribution in [-0.2, 0) is 0 Å². The highest BCUT2D eigenvalue weighted by molar-refractivity contribution is 5.91. The van der Waals surface area contributed by atoms with Crippen LogP contribution in [0.1, 0.15) is 38.5 Å². The second-order valence-corrected chi connectivity index (χ2v) is 7.67. The number of anilines is 1. The van der Waals surface area contributed by atoms with E-state index in [1.165, 1.54) is 36.5 Å². The van der Waals surface area contributed by atoms with E-state index >= 15 is 0 Å². The first-order chi connectivity index (χ1) is 11.1. The van der Waals surface area contributed by atoms with Gasteiger partial charge in [0.15, 0.2) is 17.0 Å². The molecular weight excluding hydrogens is 292 g/mol. The second-order valence-electron chi connectivity index (χ2n) is 7.67. The van der Waals surface area contributed by atoms with Gasteiger partial charge in [0.2, 0.25) is 0 Å². The molecule has 2 heterocycles. The van der Waals surface area contributed by atoms with Crippen molar-refractivity contribution in [2.24, 2.45) is 17.8 Å². The molecule has 6 rings (SSSR count). The third-order valence-corrected chi connectivity index (χ3v) is 5.99. The van der Waals surface area contributed by atoms with Crippen molar-refractivity contribution in [2.45, 2.75) is 44.1 Å². The zero-order chi connectivity index (χ0) is 15.6. The SMILES string of the molecule is Nc1ncnc2c1ncn2C(=O)NC12CC3CC(CC(C3)C1)C2. The van der Waals surface area contributed by atoms with Crippen molar-refractivity contribution in [3.8, 4) is 0 Å². The van der Waals surface area contributed by atoms with Crippen LogP contribution in [0.15, 0.2) is 12.7 Å². The summed E-state index contributed by atoms with van der Waals surface area (Å²) in [5.41, 5.74) is 6.72. The number of nitrogens with two attached hydrogens (primary N) is 1. The van der Waals surface area contributed by atoms with Crippen molar-refractivity contribution in [2.75, 3.05) is 5.73 Å². The molecule has 120 valence electrons. The molecule has 0 spiro atoms. The molecule has 0 unspecified atom stereocenters. The third-order valence-electron chi connectivity index (χ3n) is 5.99. The largest absolute Gasteiger partial charge is 0.382 e. The second kappa shape index (κ2) is 4.43. The molecule has 3 N–H and O–H groups in total. The zero-order valence-electron chi connectivity index (χ0n) is 12.9. The highest BCUT2D eigenvalue weighted by atomic mass is 16.2. The van der Waals surface area contributed by atoms with E-state index in [1.807, 2.05) is 0 Å². The minimum absolute atomic E-state index is 0.0268. The maximum absolute atomic E-state index is 12.8. The van der Waals surface area contributed by atoms with E-state index in [0.717, 1.165) is 37.0 Å². The van der Waals surface area contributed by atoms with E-state index in [1.54, 1.807) is 0 Å². The first kappa shape index (κ1) is 13.3. The van der Waals surface area contributed by atoms with Crippen LogP contribution in [0.5, 0.6) is 0 Å². The van der Waals surface area contributed by atoms with Crippen molar-refractivity contribution in [3.63, 3.8) is 0 Å². The molecule has 4 aliphatic carbocycles. The Morgan fingerprint density at radius 1 is 1.13 bits per heavy atom. The van der Waals surface area contributed by atoms with Gasteiger partial charge in [-0.25, -0.2) is 24.3 Å². The lowest BCUT2D eigenvalue weighted by atomic mass is 9.53. The van der Waals surface area contributed by atoms with Crippen LogP contribution < -0.4 is 11.1 Å². The average molecular weight is 312 g/mol. The van der Waals surface area contributed by atoms with Gasteiger partial charge in [0, 0.05) is 5.54 Å². The predicted molar refractivity (Wildman–Crippen MR) is 84.6 cm³/mol. The number of nitrogens with zero attached hydrogens (tertiary/aromatic N) is 4. The third kappa shape index (κ3) is 1.95. The molecule has 23 heavy (non-hydrogen) atoms. The number of hydrogen-bond donors (Lipinski definition) is 2. The van der Waals surface area contributed by atoms with Gasteiger partial charge in [-0.05, 0) is 56.3 Å². The molecule has 4 bridgehead atoms. The molecule has 0 atom stereocenters. The summed E-state index contributed by atoms with van der Waals surface area (Å²) >= 11 is 0.